The molecule has 0 atom stereocenters. The summed E-state index contributed by atoms with van der Waals surface area (Å²) in [7, 11) is 0. The minimum atomic E-state index is 0.597. The lowest BCUT2D eigenvalue weighted by atomic mass is 10.5. The predicted molar refractivity (Wildman–Crippen MR) is 30.4 cm³/mol. The maximum absolute atomic E-state index is 9.97. The number of carbonyl (C=O) groups excluding carboxylic acids is 1. The summed E-state index contributed by atoms with van der Waals surface area (Å²) in [5, 5.41) is 0. The van der Waals surface area contributed by atoms with Crippen molar-refractivity contribution >= 4 is 12.6 Å². The summed E-state index contributed by atoms with van der Waals surface area (Å²) in [5.74, 6) is 0. The van der Waals surface area contributed by atoms with Gasteiger partial charge >= 0.3 is 0 Å². The summed E-state index contributed by atoms with van der Waals surface area (Å²) in [6.07, 6.45) is 5.65. The molecule has 0 N–H and O–H groups in total. The van der Waals surface area contributed by atoms with E-state index in [1.165, 1.54) is 4.90 Å². The number of nitrogens with zero attached hydrogens (tertiary/aromatic N) is 2. The van der Waals surface area contributed by atoms with Gasteiger partial charge in [-0.3, -0.25) is 9.79 Å². The van der Waals surface area contributed by atoms with Gasteiger partial charge in [-0.25, -0.2) is 0 Å². The van der Waals surface area contributed by atoms with E-state index in [-0.39, 0.29) is 0 Å². The first-order chi connectivity index (χ1) is 3.93. The highest BCUT2D eigenvalue weighted by atomic mass is 16.1. The van der Waals surface area contributed by atoms with Crippen molar-refractivity contribution in [1.82, 2.24) is 4.90 Å². The minimum Gasteiger partial charge on any atom is -0.315 e. The summed E-state index contributed by atoms with van der Waals surface area (Å²) < 4.78 is 0. The normalized spacial score (nSPS) is 16.8. The molecule has 1 amide bonds. The lowest BCUT2D eigenvalue weighted by molar-refractivity contribution is -0.115. The largest absolute Gasteiger partial charge is 0.315 e. The second-order valence-corrected chi connectivity index (χ2v) is 1.43. The average Bonchev–Trinajstić information content (AvgIpc) is 1.90. The average molecular weight is 110 g/mol. The molecule has 3 nitrogen and oxygen atoms in total. The minimum absolute atomic E-state index is 0.597. The topological polar surface area (TPSA) is 32.7 Å². The lowest BCUT2D eigenvalue weighted by Gasteiger charge is -2.08. The fourth-order valence-electron chi connectivity index (χ4n) is 0.465. The Bertz CT molecular complexity index is 139. The Labute approximate surface area is 47.3 Å². The van der Waals surface area contributed by atoms with E-state index < -0.39 is 0 Å². The predicted octanol–water partition coefficient (Wildman–Crippen LogP) is 0.000400. The molecule has 0 aromatic rings. The number of carbonyl (C=O) groups is 1. The zero-order chi connectivity index (χ0) is 5.82. The first-order valence-corrected chi connectivity index (χ1v) is 2.33. The van der Waals surface area contributed by atoms with E-state index >= 15 is 0 Å². The molecule has 0 saturated carbocycles. The summed E-state index contributed by atoms with van der Waals surface area (Å²) in [6.45, 7) is 0.597. The van der Waals surface area contributed by atoms with Gasteiger partial charge in [-0.15, -0.1) is 0 Å². The van der Waals surface area contributed by atoms with E-state index in [2.05, 4.69) is 4.99 Å². The molecular weight excluding hydrogens is 104 g/mol. The maximum atomic E-state index is 9.97. The summed E-state index contributed by atoms with van der Waals surface area (Å²) >= 11 is 0. The van der Waals surface area contributed by atoms with Gasteiger partial charge in [0.15, 0.2) is 0 Å². The first-order valence-electron chi connectivity index (χ1n) is 2.33. The van der Waals surface area contributed by atoms with Gasteiger partial charge in [0.1, 0.15) is 0 Å². The van der Waals surface area contributed by atoms with Crippen LogP contribution in [0, 0.1) is 0 Å². The zero-order valence-electron chi connectivity index (χ0n) is 4.32. The van der Waals surface area contributed by atoms with Gasteiger partial charge in [0.25, 0.3) is 0 Å². The number of aliphatic imine (C=N–C) groups is 1. The third-order valence-electron chi connectivity index (χ3n) is 0.877. The van der Waals surface area contributed by atoms with E-state index in [1.807, 2.05) is 0 Å². The van der Waals surface area contributed by atoms with Crippen LogP contribution in [0.3, 0.4) is 0 Å². The van der Waals surface area contributed by atoms with Crippen LogP contribution >= 0.6 is 0 Å². The van der Waals surface area contributed by atoms with Crippen molar-refractivity contribution in [2.45, 2.75) is 0 Å². The van der Waals surface area contributed by atoms with Gasteiger partial charge in [0, 0.05) is 18.6 Å². The summed E-state index contributed by atoms with van der Waals surface area (Å²) in [5.41, 5.74) is 0. The highest BCUT2D eigenvalue weighted by molar-refractivity contribution is 5.67. The van der Waals surface area contributed by atoms with Gasteiger partial charge < -0.3 is 4.90 Å². The van der Waals surface area contributed by atoms with Gasteiger partial charge in [-0.2, -0.15) is 0 Å². The molecule has 0 aromatic heterocycles. The number of hydrogen-bond donors (Lipinski definition) is 0. The van der Waals surface area contributed by atoms with Crippen molar-refractivity contribution < 1.29 is 4.79 Å². The summed E-state index contributed by atoms with van der Waals surface area (Å²) in [6, 6.07) is 0. The zero-order valence-corrected chi connectivity index (χ0v) is 4.32. The number of amides is 1. The number of rotatable bonds is 1. The van der Waals surface area contributed by atoms with Gasteiger partial charge in [0.2, 0.25) is 6.41 Å². The van der Waals surface area contributed by atoms with Gasteiger partial charge in [0.05, 0.1) is 6.54 Å². The van der Waals surface area contributed by atoms with Gasteiger partial charge in [-0.05, 0) is 0 Å². The summed E-state index contributed by atoms with van der Waals surface area (Å²) in [4.78, 5) is 15.2. The maximum Gasteiger partial charge on any atom is 0.214 e. The van der Waals surface area contributed by atoms with E-state index in [9.17, 15) is 4.79 Å². The molecule has 1 aliphatic rings. The Balaban J connectivity index is 2.51. The molecule has 8 heavy (non-hydrogen) atoms. The van der Waals surface area contributed by atoms with Crippen molar-refractivity contribution in [3.63, 3.8) is 0 Å². The van der Waals surface area contributed by atoms with Crippen molar-refractivity contribution in [3.8, 4) is 0 Å². The van der Waals surface area contributed by atoms with Crippen molar-refractivity contribution in [2.75, 3.05) is 6.54 Å². The van der Waals surface area contributed by atoms with Crippen LogP contribution in [0.5, 0.6) is 0 Å². The molecule has 1 rings (SSSR count). The Kier molecular flexibility index (Phi) is 1.42. The molecule has 0 fully saturated rings. The highest BCUT2D eigenvalue weighted by Gasteiger charge is 1.93. The second kappa shape index (κ2) is 2.26. The van der Waals surface area contributed by atoms with Crippen LogP contribution in [0.4, 0.5) is 0 Å². The van der Waals surface area contributed by atoms with E-state index in [0.29, 0.717) is 6.54 Å². The molecule has 3 heteroatoms. The van der Waals surface area contributed by atoms with Crippen LogP contribution in [0.15, 0.2) is 17.4 Å². The fourth-order valence-corrected chi connectivity index (χ4v) is 0.465. The van der Waals surface area contributed by atoms with Crippen LogP contribution in [-0.4, -0.2) is 24.1 Å². The Morgan fingerprint density at radius 1 is 1.75 bits per heavy atom. The van der Waals surface area contributed by atoms with E-state index in [0.717, 1.165) is 6.41 Å². The lowest BCUT2D eigenvalue weighted by Crippen LogP contribution is -2.18. The molecular formula is C5H6N2O. The molecule has 0 bridgehead atoms. The van der Waals surface area contributed by atoms with E-state index in [4.69, 9.17) is 0 Å². The molecule has 1 aliphatic heterocycles. The molecule has 0 saturated heterocycles. The van der Waals surface area contributed by atoms with Crippen LogP contribution in [0.2, 0.25) is 0 Å². The van der Waals surface area contributed by atoms with Crippen LogP contribution < -0.4 is 0 Å². The first kappa shape index (κ1) is 5.03. The molecule has 0 aromatic carbocycles. The van der Waals surface area contributed by atoms with Crippen molar-refractivity contribution in [3.05, 3.63) is 12.4 Å². The fraction of sp³-hybridized carbons (Fsp3) is 0.200. The Morgan fingerprint density at radius 3 is 3.00 bits per heavy atom. The molecule has 0 aliphatic carbocycles. The Morgan fingerprint density at radius 2 is 2.62 bits per heavy atom. The third-order valence-corrected chi connectivity index (χ3v) is 0.877. The van der Waals surface area contributed by atoms with Crippen molar-refractivity contribution in [2.24, 2.45) is 4.99 Å². The standard InChI is InChI=1S/C5H6N2O/c8-5-7-3-1-6-2-4-7/h1-3,5H,4H2. The third kappa shape index (κ3) is 0.932. The molecule has 0 radical (unpaired) electrons. The molecule has 0 unspecified atom stereocenters. The molecule has 1 heterocycles. The second-order valence-electron chi connectivity index (χ2n) is 1.43. The molecule has 0 spiro atoms. The van der Waals surface area contributed by atoms with Crippen LogP contribution in [-0.2, 0) is 4.79 Å². The van der Waals surface area contributed by atoms with Gasteiger partial charge in [-0.1, -0.05) is 0 Å². The quantitative estimate of drug-likeness (QED) is 0.437. The molecule has 42 valence electrons. The smallest absolute Gasteiger partial charge is 0.214 e. The van der Waals surface area contributed by atoms with Crippen molar-refractivity contribution in [1.29, 1.82) is 0 Å². The van der Waals surface area contributed by atoms with Crippen LogP contribution in [0.25, 0.3) is 0 Å². The number of hydrogen-bond acceptors (Lipinski definition) is 2. The SMILES string of the molecule is O=CN1C=CN=CC1. The van der Waals surface area contributed by atoms with E-state index in [1.54, 1.807) is 18.6 Å². The monoisotopic (exact) mass is 110 g/mol. The highest BCUT2D eigenvalue weighted by Crippen LogP contribution is 1.88. The van der Waals surface area contributed by atoms with Crippen LogP contribution in [0.1, 0.15) is 0 Å². The Hall–Kier alpha value is -1.12.